The Morgan fingerprint density at radius 3 is 3.18 bits per heavy atom. The minimum Gasteiger partial charge on any atom is -0.303 e. The number of rotatable bonds is 4. The highest BCUT2D eigenvalue weighted by molar-refractivity contribution is 6.99. The number of aryl methyl sites for hydroxylation is 1. The predicted octanol–water partition coefficient (Wildman–Crippen LogP) is 1.31. The van der Waals surface area contributed by atoms with Crippen molar-refractivity contribution in [3.8, 4) is 0 Å². The number of carbonyl (C=O) groups excluding carboxylic acids is 1. The van der Waals surface area contributed by atoms with E-state index in [-0.39, 0.29) is 5.92 Å². The molecule has 0 amide bonds. The zero-order valence-corrected chi connectivity index (χ0v) is 7.17. The van der Waals surface area contributed by atoms with Gasteiger partial charge in [-0.1, -0.05) is 6.92 Å². The maximum atomic E-state index is 10.2. The molecule has 0 radical (unpaired) electrons. The van der Waals surface area contributed by atoms with Crippen molar-refractivity contribution in [3.05, 3.63) is 11.9 Å². The van der Waals surface area contributed by atoms with Crippen LogP contribution < -0.4 is 0 Å². The number of aromatic nitrogens is 2. The molecular weight excluding hydrogens is 160 g/mol. The standard InChI is InChI=1S/C7H10N2OS/c1-6(5-10)2-3-7-4-8-11-9-7/h4-6H,2-3H2,1H3. The summed E-state index contributed by atoms with van der Waals surface area (Å²) in [5.41, 5.74) is 0.990. The van der Waals surface area contributed by atoms with Gasteiger partial charge in [0.1, 0.15) is 6.29 Å². The molecule has 1 aromatic heterocycles. The van der Waals surface area contributed by atoms with Crippen molar-refractivity contribution >= 4 is 18.0 Å². The van der Waals surface area contributed by atoms with Gasteiger partial charge in [-0.3, -0.25) is 0 Å². The van der Waals surface area contributed by atoms with Crippen LogP contribution in [0.2, 0.25) is 0 Å². The second-order valence-electron chi connectivity index (χ2n) is 2.55. The van der Waals surface area contributed by atoms with Crippen molar-refractivity contribution in [3.63, 3.8) is 0 Å². The van der Waals surface area contributed by atoms with E-state index in [2.05, 4.69) is 8.75 Å². The first kappa shape index (κ1) is 8.33. The normalized spacial score (nSPS) is 12.8. The smallest absolute Gasteiger partial charge is 0.122 e. The average Bonchev–Trinajstić information content (AvgIpc) is 2.52. The SMILES string of the molecule is CC(C=O)CCc1cnsn1. The number of carbonyl (C=O) groups is 1. The van der Waals surface area contributed by atoms with Crippen LogP contribution in [0.5, 0.6) is 0 Å². The predicted molar refractivity (Wildman–Crippen MR) is 43.5 cm³/mol. The number of hydrogen-bond donors (Lipinski definition) is 0. The second-order valence-corrected chi connectivity index (χ2v) is 3.11. The van der Waals surface area contributed by atoms with Crippen LogP contribution in [0.4, 0.5) is 0 Å². The molecule has 0 bridgehead atoms. The van der Waals surface area contributed by atoms with Gasteiger partial charge in [0.15, 0.2) is 0 Å². The van der Waals surface area contributed by atoms with Crippen LogP contribution in [0.1, 0.15) is 19.0 Å². The molecule has 0 N–H and O–H groups in total. The number of aldehydes is 1. The van der Waals surface area contributed by atoms with Crippen molar-refractivity contribution in [1.29, 1.82) is 0 Å². The molecule has 0 aliphatic carbocycles. The van der Waals surface area contributed by atoms with Gasteiger partial charge < -0.3 is 4.79 Å². The third-order valence-corrected chi connectivity index (χ3v) is 2.01. The molecule has 1 heterocycles. The molecule has 1 unspecified atom stereocenters. The van der Waals surface area contributed by atoms with Gasteiger partial charge in [0.25, 0.3) is 0 Å². The second kappa shape index (κ2) is 4.18. The fourth-order valence-electron chi connectivity index (χ4n) is 0.738. The topological polar surface area (TPSA) is 42.9 Å². The van der Waals surface area contributed by atoms with Gasteiger partial charge in [0.05, 0.1) is 23.6 Å². The van der Waals surface area contributed by atoms with Gasteiger partial charge in [-0.05, 0) is 12.8 Å². The molecule has 11 heavy (non-hydrogen) atoms. The molecule has 0 spiro atoms. The Morgan fingerprint density at radius 1 is 1.82 bits per heavy atom. The molecular formula is C7H10N2OS. The molecule has 0 saturated carbocycles. The summed E-state index contributed by atoms with van der Waals surface area (Å²) in [5, 5.41) is 0. The first-order valence-corrected chi connectivity index (χ1v) is 4.27. The molecule has 0 aliphatic rings. The first-order valence-electron chi connectivity index (χ1n) is 3.54. The van der Waals surface area contributed by atoms with E-state index in [1.807, 2.05) is 6.92 Å². The van der Waals surface area contributed by atoms with Gasteiger partial charge in [0, 0.05) is 5.92 Å². The van der Waals surface area contributed by atoms with Crippen molar-refractivity contribution in [2.45, 2.75) is 19.8 Å². The number of nitrogens with zero attached hydrogens (tertiary/aromatic N) is 2. The van der Waals surface area contributed by atoms with E-state index >= 15 is 0 Å². The summed E-state index contributed by atoms with van der Waals surface area (Å²) in [4.78, 5) is 10.2. The minimum atomic E-state index is 0.136. The Hall–Kier alpha value is -0.770. The molecule has 0 aromatic carbocycles. The lowest BCUT2D eigenvalue weighted by Crippen LogP contribution is -1.97. The van der Waals surface area contributed by atoms with Crippen molar-refractivity contribution in [2.24, 2.45) is 5.92 Å². The van der Waals surface area contributed by atoms with E-state index in [1.165, 1.54) is 11.7 Å². The van der Waals surface area contributed by atoms with E-state index in [4.69, 9.17) is 0 Å². The summed E-state index contributed by atoms with van der Waals surface area (Å²) in [7, 11) is 0. The number of hydrogen-bond acceptors (Lipinski definition) is 4. The Kier molecular flexibility index (Phi) is 3.16. The van der Waals surface area contributed by atoms with E-state index in [0.29, 0.717) is 0 Å². The zero-order valence-electron chi connectivity index (χ0n) is 6.36. The summed E-state index contributed by atoms with van der Waals surface area (Å²) in [6, 6.07) is 0. The maximum Gasteiger partial charge on any atom is 0.122 e. The van der Waals surface area contributed by atoms with Crippen LogP contribution in [0.3, 0.4) is 0 Å². The highest BCUT2D eigenvalue weighted by Gasteiger charge is 2.01. The molecule has 1 atom stereocenters. The van der Waals surface area contributed by atoms with E-state index in [9.17, 15) is 4.79 Å². The van der Waals surface area contributed by atoms with Crippen LogP contribution in [0.15, 0.2) is 6.20 Å². The van der Waals surface area contributed by atoms with Crippen molar-refractivity contribution in [2.75, 3.05) is 0 Å². The summed E-state index contributed by atoms with van der Waals surface area (Å²) in [5.74, 6) is 0.136. The summed E-state index contributed by atoms with van der Waals surface area (Å²) in [6.07, 6.45) is 4.45. The van der Waals surface area contributed by atoms with E-state index in [1.54, 1.807) is 6.20 Å². The highest BCUT2D eigenvalue weighted by Crippen LogP contribution is 2.05. The fourth-order valence-corrected chi connectivity index (χ4v) is 1.20. The zero-order chi connectivity index (χ0) is 8.10. The Bertz CT molecular complexity index is 210. The molecule has 0 fully saturated rings. The molecule has 4 heteroatoms. The Labute approximate surface area is 69.8 Å². The lowest BCUT2D eigenvalue weighted by Gasteiger charge is -1.98. The Morgan fingerprint density at radius 2 is 2.64 bits per heavy atom. The van der Waals surface area contributed by atoms with Crippen molar-refractivity contribution in [1.82, 2.24) is 8.75 Å². The third-order valence-electron chi connectivity index (χ3n) is 1.50. The summed E-state index contributed by atoms with van der Waals surface area (Å²) in [6.45, 7) is 1.91. The van der Waals surface area contributed by atoms with E-state index in [0.717, 1.165) is 24.8 Å². The highest BCUT2D eigenvalue weighted by atomic mass is 32.1. The lowest BCUT2D eigenvalue weighted by molar-refractivity contribution is -0.110. The quantitative estimate of drug-likeness (QED) is 0.640. The monoisotopic (exact) mass is 170 g/mol. The van der Waals surface area contributed by atoms with Gasteiger partial charge in [-0.2, -0.15) is 8.75 Å². The molecule has 0 aliphatic heterocycles. The molecule has 1 aromatic rings. The molecule has 3 nitrogen and oxygen atoms in total. The van der Waals surface area contributed by atoms with Crippen LogP contribution in [0, 0.1) is 5.92 Å². The van der Waals surface area contributed by atoms with Crippen LogP contribution in [0.25, 0.3) is 0 Å². The van der Waals surface area contributed by atoms with Crippen LogP contribution >= 0.6 is 11.7 Å². The minimum absolute atomic E-state index is 0.136. The fraction of sp³-hybridized carbons (Fsp3) is 0.571. The van der Waals surface area contributed by atoms with Crippen LogP contribution in [-0.2, 0) is 11.2 Å². The van der Waals surface area contributed by atoms with Gasteiger partial charge in [-0.25, -0.2) is 0 Å². The first-order chi connectivity index (χ1) is 5.33. The largest absolute Gasteiger partial charge is 0.303 e. The summed E-state index contributed by atoms with van der Waals surface area (Å²) < 4.78 is 7.91. The van der Waals surface area contributed by atoms with Crippen molar-refractivity contribution < 1.29 is 4.79 Å². The lowest BCUT2D eigenvalue weighted by atomic mass is 10.1. The summed E-state index contributed by atoms with van der Waals surface area (Å²) >= 11 is 1.21. The third kappa shape index (κ3) is 2.76. The van der Waals surface area contributed by atoms with Crippen LogP contribution in [-0.4, -0.2) is 15.0 Å². The van der Waals surface area contributed by atoms with Gasteiger partial charge in [-0.15, -0.1) is 0 Å². The molecule has 1 rings (SSSR count). The van der Waals surface area contributed by atoms with E-state index < -0.39 is 0 Å². The Balaban J connectivity index is 2.28. The maximum absolute atomic E-state index is 10.2. The van der Waals surface area contributed by atoms with Gasteiger partial charge >= 0.3 is 0 Å². The molecule has 0 saturated heterocycles. The molecule has 60 valence electrons. The average molecular weight is 170 g/mol. The van der Waals surface area contributed by atoms with Gasteiger partial charge in [0.2, 0.25) is 0 Å².